The molecular weight excluding hydrogens is 319 g/mol. The van der Waals surface area contributed by atoms with Crippen LogP contribution >= 0.6 is 24.0 Å². The first-order valence-corrected chi connectivity index (χ1v) is 8.33. The molecule has 2 fully saturated rings. The van der Waals surface area contributed by atoms with Crippen molar-refractivity contribution in [2.45, 2.75) is 56.0 Å². The van der Waals surface area contributed by atoms with Gasteiger partial charge in [0.25, 0.3) is 0 Å². The minimum Gasteiger partial charge on any atom is -0.336 e. The highest BCUT2D eigenvalue weighted by atomic mass is 35.5. The molecule has 0 aromatic heterocycles. The summed E-state index contributed by atoms with van der Waals surface area (Å²) in [7, 11) is 0. The lowest BCUT2D eigenvalue weighted by atomic mass is 9.66. The largest absolute Gasteiger partial charge is 0.336 e. The van der Waals surface area contributed by atoms with E-state index in [1.807, 2.05) is 12.1 Å². The maximum Gasteiger partial charge on any atom is 0.230 e. The Morgan fingerprint density at radius 2 is 2.09 bits per heavy atom. The number of nitrogens with zero attached hydrogens (tertiary/aromatic N) is 1. The van der Waals surface area contributed by atoms with Crippen molar-refractivity contribution in [2.24, 2.45) is 5.73 Å². The molecule has 2 aliphatic carbocycles. The minimum atomic E-state index is 0. The average Bonchev–Trinajstić information content (AvgIpc) is 2.40. The number of carbonyl (C=O) groups excluding carboxylic acids is 1. The van der Waals surface area contributed by atoms with Crippen molar-refractivity contribution < 1.29 is 4.79 Å². The number of hydrogen-bond donors (Lipinski definition) is 1. The monoisotopic (exact) mass is 340 g/mol. The molecule has 1 aromatic carbocycles. The summed E-state index contributed by atoms with van der Waals surface area (Å²) in [5.41, 5.74) is 8.38. The molecular formula is C17H22Cl2N2O. The highest BCUT2D eigenvalue weighted by Gasteiger charge is 2.51. The van der Waals surface area contributed by atoms with E-state index in [-0.39, 0.29) is 29.9 Å². The van der Waals surface area contributed by atoms with Gasteiger partial charge < -0.3 is 10.6 Å². The van der Waals surface area contributed by atoms with Gasteiger partial charge in [-0.3, -0.25) is 4.79 Å². The smallest absolute Gasteiger partial charge is 0.230 e. The number of rotatable bonds is 1. The van der Waals surface area contributed by atoms with Gasteiger partial charge in [-0.05, 0) is 55.7 Å². The average molecular weight is 341 g/mol. The summed E-state index contributed by atoms with van der Waals surface area (Å²) in [5.74, 6) is 0.321. The number of fused-ring (bicyclic) bond motifs is 1. The lowest BCUT2D eigenvalue weighted by Gasteiger charge is -2.57. The molecule has 3 nitrogen and oxygen atoms in total. The van der Waals surface area contributed by atoms with Gasteiger partial charge in [0.2, 0.25) is 5.91 Å². The number of benzene rings is 1. The van der Waals surface area contributed by atoms with E-state index < -0.39 is 0 Å². The van der Waals surface area contributed by atoms with Crippen molar-refractivity contribution in [3.8, 4) is 0 Å². The number of likely N-dealkylation sites (tertiary alicyclic amines) is 1. The summed E-state index contributed by atoms with van der Waals surface area (Å²) < 4.78 is 0. The lowest BCUT2D eigenvalue weighted by Crippen LogP contribution is -2.66. The Hall–Kier alpha value is -0.770. The van der Waals surface area contributed by atoms with Crippen LogP contribution < -0.4 is 5.73 Å². The zero-order chi connectivity index (χ0) is 14.6. The Labute approximate surface area is 142 Å². The van der Waals surface area contributed by atoms with Crippen LogP contribution in [-0.2, 0) is 11.2 Å². The Morgan fingerprint density at radius 3 is 2.82 bits per heavy atom. The Bertz CT molecular complexity index is 593. The van der Waals surface area contributed by atoms with Gasteiger partial charge in [-0.15, -0.1) is 12.4 Å². The zero-order valence-corrected chi connectivity index (χ0v) is 14.1. The SMILES string of the molecule is Cl.NC1CC2(CCCCN2C(=O)C2Cc3c(Cl)cccc32)C1. The van der Waals surface area contributed by atoms with Crippen molar-refractivity contribution in [2.75, 3.05) is 6.54 Å². The van der Waals surface area contributed by atoms with Gasteiger partial charge in [-0.25, -0.2) is 0 Å². The van der Waals surface area contributed by atoms with Crippen molar-refractivity contribution in [1.82, 2.24) is 4.90 Å². The van der Waals surface area contributed by atoms with E-state index >= 15 is 0 Å². The zero-order valence-electron chi connectivity index (χ0n) is 12.6. The maximum absolute atomic E-state index is 13.0. The van der Waals surface area contributed by atoms with E-state index in [0.29, 0.717) is 5.91 Å². The third kappa shape index (κ3) is 2.26. The molecule has 5 heteroatoms. The van der Waals surface area contributed by atoms with Crippen molar-refractivity contribution in [3.05, 3.63) is 34.3 Å². The van der Waals surface area contributed by atoms with E-state index in [1.165, 1.54) is 6.42 Å². The molecule has 3 aliphatic rings. The van der Waals surface area contributed by atoms with Crippen LogP contribution in [0, 0.1) is 0 Å². The van der Waals surface area contributed by atoms with Gasteiger partial charge in [-0.1, -0.05) is 23.7 Å². The minimum absolute atomic E-state index is 0. The Kier molecular flexibility index (Phi) is 4.17. The number of amides is 1. The van der Waals surface area contributed by atoms with Crippen LogP contribution in [0.2, 0.25) is 5.02 Å². The van der Waals surface area contributed by atoms with Crippen LogP contribution in [0.1, 0.15) is 49.1 Å². The van der Waals surface area contributed by atoms with E-state index in [0.717, 1.165) is 54.8 Å². The molecule has 0 bridgehead atoms. The van der Waals surface area contributed by atoms with E-state index in [9.17, 15) is 4.79 Å². The number of piperidine rings is 1. The number of hydrogen-bond acceptors (Lipinski definition) is 2. The van der Waals surface area contributed by atoms with Gasteiger partial charge >= 0.3 is 0 Å². The van der Waals surface area contributed by atoms with Crippen LogP contribution in [0.3, 0.4) is 0 Å². The Balaban J connectivity index is 0.00000144. The van der Waals surface area contributed by atoms with Crippen molar-refractivity contribution >= 4 is 29.9 Å². The highest BCUT2D eigenvalue weighted by Crippen LogP contribution is 2.47. The molecule has 1 saturated heterocycles. The van der Waals surface area contributed by atoms with Gasteiger partial charge in [0.1, 0.15) is 0 Å². The molecule has 1 atom stereocenters. The fourth-order valence-electron chi connectivity index (χ4n) is 4.49. The van der Waals surface area contributed by atoms with Gasteiger partial charge in [0, 0.05) is 23.1 Å². The third-order valence-corrected chi connectivity index (χ3v) is 5.99. The normalized spacial score (nSPS) is 32.5. The number of nitrogens with two attached hydrogens (primary N) is 1. The third-order valence-electron chi connectivity index (χ3n) is 5.63. The second-order valence-electron chi connectivity index (χ2n) is 6.90. The summed E-state index contributed by atoms with van der Waals surface area (Å²) in [6, 6.07) is 6.19. The second kappa shape index (κ2) is 5.70. The molecule has 1 amide bonds. The quantitative estimate of drug-likeness (QED) is 0.852. The summed E-state index contributed by atoms with van der Waals surface area (Å²) >= 11 is 6.19. The van der Waals surface area contributed by atoms with Gasteiger partial charge in [-0.2, -0.15) is 0 Å². The molecule has 1 aliphatic heterocycles. The van der Waals surface area contributed by atoms with Crippen LogP contribution in [0.15, 0.2) is 18.2 Å². The molecule has 1 spiro atoms. The van der Waals surface area contributed by atoms with Crippen molar-refractivity contribution in [1.29, 1.82) is 0 Å². The van der Waals surface area contributed by atoms with Crippen LogP contribution in [-0.4, -0.2) is 28.9 Å². The summed E-state index contributed by atoms with van der Waals surface area (Å²) in [4.78, 5) is 15.2. The molecule has 120 valence electrons. The van der Waals surface area contributed by atoms with Crippen LogP contribution in [0.4, 0.5) is 0 Å². The first-order valence-electron chi connectivity index (χ1n) is 7.95. The summed E-state index contributed by atoms with van der Waals surface area (Å²) in [6.45, 7) is 0.901. The molecule has 1 aromatic rings. The standard InChI is InChI=1S/C17H21ClN2O.ClH/c18-15-5-3-4-12-13(15)8-14(12)16(21)20-7-2-1-6-17(20)9-11(19)10-17;/h3-5,11,14H,1-2,6-10,19H2;1H. The molecule has 0 radical (unpaired) electrons. The predicted octanol–water partition coefficient (Wildman–Crippen LogP) is 3.27. The molecule has 22 heavy (non-hydrogen) atoms. The predicted molar refractivity (Wildman–Crippen MR) is 90.6 cm³/mol. The topological polar surface area (TPSA) is 46.3 Å². The van der Waals surface area contributed by atoms with E-state index in [1.54, 1.807) is 0 Å². The molecule has 1 heterocycles. The fraction of sp³-hybridized carbons (Fsp3) is 0.588. The van der Waals surface area contributed by atoms with E-state index in [4.69, 9.17) is 17.3 Å². The first kappa shape index (κ1) is 16.1. The van der Waals surface area contributed by atoms with E-state index in [2.05, 4.69) is 11.0 Å². The maximum atomic E-state index is 13.0. The molecule has 2 N–H and O–H groups in total. The number of halogens is 2. The van der Waals surface area contributed by atoms with Crippen LogP contribution in [0.25, 0.3) is 0 Å². The van der Waals surface area contributed by atoms with Crippen LogP contribution in [0.5, 0.6) is 0 Å². The Morgan fingerprint density at radius 1 is 1.32 bits per heavy atom. The highest BCUT2D eigenvalue weighted by molar-refractivity contribution is 6.31. The summed E-state index contributed by atoms with van der Waals surface area (Å²) in [6.07, 6.45) is 6.23. The fourth-order valence-corrected chi connectivity index (χ4v) is 4.75. The number of carbonyl (C=O) groups is 1. The first-order chi connectivity index (χ1) is 10.1. The molecule has 1 unspecified atom stereocenters. The second-order valence-corrected chi connectivity index (χ2v) is 7.31. The summed E-state index contributed by atoms with van der Waals surface area (Å²) in [5, 5.41) is 0.801. The van der Waals surface area contributed by atoms with Gasteiger partial charge in [0.05, 0.1) is 5.92 Å². The molecule has 4 rings (SSSR count). The van der Waals surface area contributed by atoms with Crippen molar-refractivity contribution in [3.63, 3.8) is 0 Å². The van der Waals surface area contributed by atoms with Gasteiger partial charge in [0.15, 0.2) is 0 Å². The molecule has 1 saturated carbocycles. The lowest BCUT2D eigenvalue weighted by molar-refractivity contribution is -0.148.